The maximum absolute atomic E-state index is 12.5. The molecule has 0 aliphatic rings. The van der Waals surface area contributed by atoms with Crippen LogP contribution in [0.2, 0.25) is 0 Å². The van der Waals surface area contributed by atoms with Crippen molar-refractivity contribution >= 4 is 16.6 Å². The van der Waals surface area contributed by atoms with Crippen LogP contribution >= 0.6 is 0 Å². The summed E-state index contributed by atoms with van der Waals surface area (Å²) in [5, 5.41) is 0.557. The molecule has 0 fully saturated rings. The summed E-state index contributed by atoms with van der Waals surface area (Å²) in [5.74, 6) is 0. The van der Waals surface area contributed by atoms with E-state index in [0.717, 1.165) is 5.56 Å². The average Bonchev–Trinajstić information content (AvgIpc) is 2.41. The quantitative estimate of drug-likeness (QED) is 0.734. The molecule has 2 N–H and O–H groups in total. The molecule has 21 heavy (non-hydrogen) atoms. The van der Waals surface area contributed by atoms with E-state index in [1.807, 2.05) is 0 Å². The summed E-state index contributed by atoms with van der Waals surface area (Å²) in [6.07, 6.45) is 1.60. The Hall–Kier alpha value is -2.62. The number of nitrogens with zero attached hydrogens (tertiary/aromatic N) is 2. The second kappa shape index (κ2) is 5.05. The number of hydrogen-bond acceptors (Lipinski definition) is 3. The van der Waals surface area contributed by atoms with E-state index in [2.05, 4.69) is 37.0 Å². The van der Waals surface area contributed by atoms with Gasteiger partial charge in [-0.25, -0.2) is 4.98 Å². The third-order valence-electron chi connectivity index (χ3n) is 3.48. The van der Waals surface area contributed by atoms with E-state index in [4.69, 9.17) is 5.73 Å². The number of rotatable bonds is 2. The first-order chi connectivity index (χ1) is 10.0. The lowest BCUT2D eigenvalue weighted by atomic mass is 10.1. The Bertz CT molecular complexity index is 861. The first-order valence-corrected chi connectivity index (χ1v) is 6.85. The van der Waals surface area contributed by atoms with Gasteiger partial charge in [-0.15, -0.1) is 0 Å². The van der Waals surface area contributed by atoms with Crippen molar-refractivity contribution in [1.82, 2.24) is 9.55 Å². The standard InChI is InChI=1S/C17H17N3O/c1-11-5-12(2)7-13(6-11)9-20-10-19-16-4-3-14(18)8-15(16)17(20)21/h3-8,10H,9,18H2,1-2H3. The summed E-state index contributed by atoms with van der Waals surface area (Å²) in [5.41, 5.74) is 10.4. The molecule has 4 heteroatoms. The van der Waals surface area contributed by atoms with E-state index in [1.165, 1.54) is 11.1 Å². The van der Waals surface area contributed by atoms with Crippen LogP contribution in [0, 0.1) is 13.8 Å². The molecule has 0 aliphatic carbocycles. The summed E-state index contributed by atoms with van der Waals surface area (Å²) in [7, 11) is 0. The Labute approximate surface area is 122 Å². The summed E-state index contributed by atoms with van der Waals surface area (Å²) >= 11 is 0. The molecule has 1 aromatic heterocycles. The molecular weight excluding hydrogens is 262 g/mol. The Balaban J connectivity index is 2.08. The monoisotopic (exact) mass is 279 g/mol. The molecule has 3 rings (SSSR count). The molecule has 0 spiro atoms. The van der Waals surface area contributed by atoms with Crippen molar-refractivity contribution < 1.29 is 0 Å². The molecule has 0 saturated carbocycles. The third kappa shape index (κ3) is 2.65. The zero-order valence-corrected chi connectivity index (χ0v) is 12.1. The van der Waals surface area contributed by atoms with Crippen LogP contribution in [-0.2, 0) is 6.54 Å². The minimum atomic E-state index is -0.0635. The minimum absolute atomic E-state index is 0.0635. The second-order valence-corrected chi connectivity index (χ2v) is 5.45. The lowest BCUT2D eigenvalue weighted by Crippen LogP contribution is -2.21. The van der Waals surface area contributed by atoms with Crippen LogP contribution in [0.4, 0.5) is 5.69 Å². The van der Waals surface area contributed by atoms with Gasteiger partial charge in [-0.05, 0) is 37.6 Å². The van der Waals surface area contributed by atoms with Gasteiger partial charge in [0, 0.05) is 5.69 Å². The predicted molar refractivity (Wildman–Crippen MR) is 85.4 cm³/mol. The molecule has 0 bridgehead atoms. The fraction of sp³-hybridized carbons (Fsp3) is 0.176. The van der Waals surface area contributed by atoms with Gasteiger partial charge in [0.05, 0.1) is 23.8 Å². The molecule has 4 nitrogen and oxygen atoms in total. The zero-order chi connectivity index (χ0) is 15.0. The van der Waals surface area contributed by atoms with Crippen molar-refractivity contribution in [3.8, 4) is 0 Å². The van der Waals surface area contributed by atoms with Crippen LogP contribution in [0.5, 0.6) is 0 Å². The van der Waals surface area contributed by atoms with Crippen molar-refractivity contribution in [3.05, 3.63) is 69.8 Å². The lowest BCUT2D eigenvalue weighted by molar-refractivity contribution is 0.747. The van der Waals surface area contributed by atoms with E-state index in [0.29, 0.717) is 23.1 Å². The number of nitrogen functional groups attached to an aromatic ring is 1. The highest BCUT2D eigenvalue weighted by Gasteiger charge is 2.06. The van der Waals surface area contributed by atoms with Crippen LogP contribution < -0.4 is 11.3 Å². The van der Waals surface area contributed by atoms with Gasteiger partial charge in [-0.1, -0.05) is 29.3 Å². The first-order valence-electron chi connectivity index (χ1n) is 6.85. The van der Waals surface area contributed by atoms with E-state index < -0.39 is 0 Å². The second-order valence-electron chi connectivity index (χ2n) is 5.45. The van der Waals surface area contributed by atoms with E-state index in [9.17, 15) is 4.79 Å². The third-order valence-corrected chi connectivity index (χ3v) is 3.48. The highest BCUT2D eigenvalue weighted by molar-refractivity contribution is 5.80. The van der Waals surface area contributed by atoms with Gasteiger partial charge in [0.15, 0.2) is 0 Å². The molecule has 1 heterocycles. The van der Waals surface area contributed by atoms with Crippen molar-refractivity contribution in [2.24, 2.45) is 0 Å². The number of aryl methyl sites for hydroxylation is 2. The largest absolute Gasteiger partial charge is 0.399 e. The fourth-order valence-electron chi connectivity index (χ4n) is 2.65. The fourth-order valence-corrected chi connectivity index (χ4v) is 2.65. The number of nitrogens with two attached hydrogens (primary N) is 1. The number of aromatic nitrogens is 2. The molecule has 3 aromatic rings. The van der Waals surface area contributed by atoms with Crippen molar-refractivity contribution in [3.63, 3.8) is 0 Å². The highest BCUT2D eigenvalue weighted by atomic mass is 16.1. The first kappa shape index (κ1) is 13.4. The van der Waals surface area contributed by atoms with Gasteiger partial charge in [-0.3, -0.25) is 9.36 Å². The average molecular weight is 279 g/mol. The molecule has 0 amide bonds. The molecule has 106 valence electrons. The van der Waals surface area contributed by atoms with Gasteiger partial charge in [-0.2, -0.15) is 0 Å². The number of anilines is 1. The van der Waals surface area contributed by atoms with Gasteiger partial charge in [0.2, 0.25) is 0 Å². The molecular formula is C17H17N3O. The van der Waals surface area contributed by atoms with Crippen LogP contribution in [0.15, 0.2) is 47.5 Å². The summed E-state index contributed by atoms with van der Waals surface area (Å²) in [4.78, 5) is 16.9. The van der Waals surface area contributed by atoms with Crippen LogP contribution in [0.25, 0.3) is 10.9 Å². The van der Waals surface area contributed by atoms with Crippen LogP contribution in [0.1, 0.15) is 16.7 Å². The molecule has 0 aliphatic heterocycles. The Morgan fingerprint density at radius 1 is 1.10 bits per heavy atom. The van der Waals surface area contributed by atoms with Crippen molar-refractivity contribution in [2.45, 2.75) is 20.4 Å². The van der Waals surface area contributed by atoms with Crippen LogP contribution in [-0.4, -0.2) is 9.55 Å². The van der Waals surface area contributed by atoms with Gasteiger partial charge in [0.1, 0.15) is 0 Å². The minimum Gasteiger partial charge on any atom is -0.399 e. The zero-order valence-electron chi connectivity index (χ0n) is 12.1. The van der Waals surface area contributed by atoms with Crippen molar-refractivity contribution in [2.75, 3.05) is 5.73 Å². The topological polar surface area (TPSA) is 60.9 Å². The van der Waals surface area contributed by atoms with Crippen molar-refractivity contribution in [1.29, 1.82) is 0 Å². The number of fused-ring (bicyclic) bond motifs is 1. The highest BCUT2D eigenvalue weighted by Crippen LogP contribution is 2.13. The number of hydrogen-bond donors (Lipinski definition) is 1. The molecule has 0 radical (unpaired) electrons. The summed E-state index contributed by atoms with van der Waals surface area (Å²) in [6, 6.07) is 11.5. The Kier molecular flexibility index (Phi) is 3.22. The molecule has 0 saturated heterocycles. The van der Waals surface area contributed by atoms with E-state index in [-0.39, 0.29) is 5.56 Å². The predicted octanol–water partition coefficient (Wildman–Crippen LogP) is 2.64. The maximum atomic E-state index is 12.5. The molecule has 2 aromatic carbocycles. The molecule has 0 atom stereocenters. The lowest BCUT2D eigenvalue weighted by Gasteiger charge is -2.09. The SMILES string of the molecule is Cc1cc(C)cc(Cn2cnc3ccc(N)cc3c2=O)c1. The summed E-state index contributed by atoms with van der Waals surface area (Å²) < 4.78 is 1.62. The van der Waals surface area contributed by atoms with Crippen LogP contribution in [0.3, 0.4) is 0 Å². The summed E-state index contributed by atoms with van der Waals surface area (Å²) in [6.45, 7) is 4.62. The normalized spacial score (nSPS) is 11.0. The van der Waals surface area contributed by atoms with Gasteiger partial charge >= 0.3 is 0 Å². The van der Waals surface area contributed by atoms with Gasteiger partial charge < -0.3 is 5.73 Å². The Morgan fingerprint density at radius 2 is 1.81 bits per heavy atom. The Morgan fingerprint density at radius 3 is 2.52 bits per heavy atom. The van der Waals surface area contributed by atoms with Gasteiger partial charge in [0.25, 0.3) is 5.56 Å². The van der Waals surface area contributed by atoms with E-state index in [1.54, 1.807) is 29.1 Å². The maximum Gasteiger partial charge on any atom is 0.261 e. The number of benzene rings is 2. The smallest absolute Gasteiger partial charge is 0.261 e. The molecule has 0 unspecified atom stereocenters. The van der Waals surface area contributed by atoms with E-state index >= 15 is 0 Å².